The second-order valence-corrected chi connectivity index (χ2v) is 13.3. The van der Waals surface area contributed by atoms with Crippen molar-refractivity contribution in [1.82, 2.24) is 9.88 Å². The summed E-state index contributed by atoms with van der Waals surface area (Å²) in [4.78, 5) is 33.0. The highest BCUT2D eigenvalue weighted by atomic mass is 35.5. The zero-order valence-corrected chi connectivity index (χ0v) is 26.5. The highest BCUT2D eigenvalue weighted by molar-refractivity contribution is 8.18. The van der Waals surface area contributed by atoms with Gasteiger partial charge in [-0.25, -0.2) is 4.99 Å². The van der Waals surface area contributed by atoms with Crippen LogP contribution in [0.25, 0.3) is 11.1 Å². The van der Waals surface area contributed by atoms with Crippen LogP contribution in [0.4, 0.5) is 11.4 Å². The molecule has 1 saturated heterocycles. The fourth-order valence-electron chi connectivity index (χ4n) is 5.33. The zero-order valence-electron chi connectivity index (χ0n) is 23.3. The highest BCUT2D eigenvalue weighted by Gasteiger charge is 2.29. The summed E-state index contributed by atoms with van der Waals surface area (Å²) in [5.74, 6) is -0.321. The lowest BCUT2D eigenvalue weighted by molar-refractivity contribution is -0.115. The molecule has 0 saturated carbocycles. The van der Waals surface area contributed by atoms with Gasteiger partial charge in [0.1, 0.15) is 5.00 Å². The molecule has 214 valence electrons. The summed E-state index contributed by atoms with van der Waals surface area (Å²) in [5.41, 5.74) is 7.17. The van der Waals surface area contributed by atoms with Gasteiger partial charge in [0.25, 0.3) is 11.8 Å². The predicted molar refractivity (Wildman–Crippen MR) is 176 cm³/mol. The molecule has 2 aliphatic rings. The number of nitrogens with one attached hydrogen (secondary N) is 2. The van der Waals surface area contributed by atoms with Crippen LogP contribution in [0.2, 0.25) is 10.0 Å². The van der Waals surface area contributed by atoms with Crippen LogP contribution in [0.5, 0.6) is 0 Å². The smallest absolute Gasteiger partial charge is 0.264 e. The van der Waals surface area contributed by atoms with Gasteiger partial charge in [-0.3, -0.25) is 9.59 Å². The molecule has 0 bridgehead atoms. The number of carbonyl (C=O) groups is 2. The van der Waals surface area contributed by atoms with Crippen molar-refractivity contribution in [2.75, 3.05) is 5.32 Å². The maximum Gasteiger partial charge on any atom is 0.264 e. The molecule has 0 spiro atoms. The molecule has 1 fully saturated rings. The van der Waals surface area contributed by atoms with Crippen molar-refractivity contribution in [2.24, 2.45) is 4.99 Å². The van der Waals surface area contributed by atoms with Crippen LogP contribution >= 0.6 is 46.3 Å². The van der Waals surface area contributed by atoms with Gasteiger partial charge >= 0.3 is 0 Å². The molecule has 2 aromatic carbocycles. The molecule has 1 aliphatic carbocycles. The second-order valence-electron chi connectivity index (χ2n) is 10.4. The van der Waals surface area contributed by atoms with Crippen molar-refractivity contribution in [3.05, 3.63) is 102 Å². The Morgan fingerprint density at radius 3 is 2.62 bits per heavy atom. The highest BCUT2D eigenvalue weighted by Crippen LogP contribution is 2.40. The molecule has 2 aromatic heterocycles. The fraction of sp³-hybridized carbons (Fsp3) is 0.219. The first-order valence-electron chi connectivity index (χ1n) is 13.6. The SMILES string of the molecule is Cc1ccc(NC(=O)c2c(-n3c(C)cc(/C=C4\SC(=Nc5cccc(Cl)c5Cl)NC4=O)c3C)sc3c2CCCC3)cc1. The number of rotatable bonds is 5. The number of aliphatic imine (C=N–C) groups is 1. The van der Waals surface area contributed by atoms with Crippen LogP contribution in [0.15, 0.2) is 58.4 Å². The molecule has 1 aliphatic heterocycles. The Balaban J connectivity index is 1.35. The molecule has 0 radical (unpaired) electrons. The van der Waals surface area contributed by atoms with Gasteiger partial charge in [0.2, 0.25) is 0 Å². The molecule has 4 aromatic rings. The lowest BCUT2D eigenvalue weighted by Gasteiger charge is -2.14. The normalized spacial score (nSPS) is 16.6. The van der Waals surface area contributed by atoms with E-state index in [1.54, 1.807) is 29.5 Å². The standard InChI is InChI=1S/C32H28Cl2N4O2S2/c1-17-11-13-21(14-12-17)35-30(40)27-22-7-4-5-10-25(22)41-31(27)38-18(2)15-20(19(38)3)16-26-29(39)37-32(42-26)36-24-9-6-8-23(33)28(24)34/h6,8-9,11-16H,4-5,7,10H2,1-3H3,(H,35,40)(H,36,37,39)/b26-16-. The van der Waals surface area contributed by atoms with Gasteiger partial charge in [-0.05, 0) is 106 Å². The van der Waals surface area contributed by atoms with Gasteiger partial charge in [0.15, 0.2) is 5.17 Å². The summed E-state index contributed by atoms with van der Waals surface area (Å²) >= 11 is 15.4. The Labute approximate surface area is 262 Å². The zero-order chi connectivity index (χ0) is 29.5. The van der Waals surface area contributed by atoms with Crippen molar-refractivity contribution in [2.45, 2.75) is 46.5 Å². The number of carbonyl (C=O) groups excluding carboxylic acids is 2. The van der Waals surface area contributed by atoms with Crippen LogP contribution in [0.1, 0.15) is 56.2 Å². The lowest BCUT2D eigenvalue weighted by Crippen LogP contribution is -2.19. The maximum atomic E-state index is 13.8. The number of nitrogens with zero attached hydrogens (tertiary/aromatic N) is 2. The number of aromatic nitrogens is 1. The number of amidine groups is 1. The average Bonchev–Trinajstić information content (AvgIpc) is 3.60. The minimum atomic E-state index is -0.230. The van der Waals surface area contributed by atoms with Crippen molar-refractivity contribution in [1.29, 1.82) is 0 Å². The lowest BCUT2D eigenvalue weighted by atomic mass is 9.95. The van der Waals surface area contributed by atoms with E-state index < -0.39 is 0 Å². The second kappa shape index (κ2) is 11.8. The third-order valence-corrected chi connectivity index (χ3v) is 10.4. The molecular weight excluding hydrogens is 607 g/mol. The topological polar surface area (TPSA) is 75.5 Å². The maximum absolute atomic E-state index is 13.8. The Hall–Kier alpha value is -3.30. The first kappa shape index (κ1) is 28.8. The summed E-state index contributed by atoms with van der Waals surface area (Å²) in [6, 6.07) is 15.1. The van der Waals surface area contributed by atoms with Crippen LogP contribution in [0, 0.1) is 20.8 Å². The summed E-state index contributed by atoms with van der Waals surface area (Å²) in [7, 11) is 0. The van der Waals surface area contributed by atoms with Crippen LogP contribution in [-0.4, -0.2) is 21.5 Å². The van der Waals surface area contributed by atoms with E-state index in [2.05, 4.69) is 26.3 Å². The molecule has 2 N–H and O–H groups in total. The molecule has 6 nitrogen and oxygen atoms in total. The van der Waals surface area contributed by atoms with Crippen LogP contribution in [0.3, 0.4) is 0 Å². The van der Waals surface area contributed by atoms with E-state index >= 15 is 0 Å². The Kier molecular flexibility index (Phi) is 8.07. The predicted octanol–water partition coefficient (Wildman–Crippen LogP) is 8.79. The molecule has 10 heteroatoms. The van der Waals surface area contributed by atoms with Crippen molar-refractivity contribution in [3.63, 3.8) is 0 Å². The van der Waals surface area contributed by atoms with E-state index in [0.29, 0.717) is 25.8 Å². The third kappa shape index (κ3) is 5.56. The third-order valence-electron chi connectivity index (χ3n) is 7.45. The van der Waals surface area contributed by atoms with Gasteiger partial charge in [0, 0.05) is 22.0 Å². The van der Waals surface area contributed by atoms with Crippen LogP contribution < -0.4 is 10.6 Å². The molecule has 42 heavy (non-hydrogen) atoms. The number of hydrogen-bond acceptors (Lipinski definition) is 5. The monoisotopic (exact) mass is 634 g/mol. The number of hydrogen-bond donors (Lipinski definition) is 2. The average molecular weight is 636 g/mol. The van der Waals surface area contributed by atoms with Gasteiger partial charge in [-0.15, -0.1) is 11.3 Å². The summed E-state index contributed by atoms with van der Waals surface area (Å²) < 4.78 is 2.15. The Bertz CT molecular complexity index is 1800. The van der Waals surface area contributed by atoms with E-state index in [1.165, 1.54) is 16.6 Å². The van der Waals surface area contributed by atoms with E-state index in [9.17, 15) is 9.59 Å². The van der Waals surface area contributed by atoms with Gasteiger partial charge in [-0.2, -0.15) is 0 Å². The molecule has 6 rings (SSSR count). The molecule has 0 unspecified atom stereocenters. The number of fused-ring (bicyclic) bond motifs is 1. The minimum absolute atomic E-state index is 0.0908. The Morgan fingerprint density at radius 2 is 1.83 bits per heavy atom. The van der Waals surface area contributed by atoms with Crippen LogP contribution in [-0.2, 0) is 17.6 Å². The number of halogens is 2. The van der Waals surface area contributed by atoms with E-state index in [0.717, 1.165) is 70.0 Å². The molecule has 3 heterocycles. The number of thiophene rings is 1. The number of thioether (sulfide) groups is 1. The summed E-state index contributed by atoms with van der Waals surface area (Å²) in [6.45, 7) is 6.09. The number of benzene rings is 2. The van der Waals surface area contributed by atoms with Gasteiger partial charge in [0.05, 0.1) is 26.2 Å². The summed E-state index contributed by atoms with van der Waals surface area (Å²) in [6.07, 6.45) is 5.96. The van der Waals surface area contributed by atoms with E-state index in [4.69, 9.17) is 23.2 Å². The van der Waals surface area contributed by atoms with E-state index in [-0.39, 0.29) is 11.8 Å². The molecule has 2 amide bonds. The van der Waals surface area contributed by atoms with Crippen molar-refractivity contribution < 1.29 is 9.59 Å². The largest absolute Gasteiger partial charge is 0.322 e. The first-order valence-corrected chi connectivity index (χ1v) is 16.0. The first-order chi connectivity index (χ1) is 20.2. The van der Waals surface area contributed by atoms with Crippen molar-refractivity contribution >= 4 is 80.7 Å². The Morgan fingerprint density at radius 1 is 1.07 bits per heavy atom. The van der Waals surface area contributed by atoms with Crippen molar-refractivity contribution in [3.8, 4) is 5.00 Å². The van der Waals surface area contributed by atoms with Gasteiger partial charge < -0.3 is 15.2 Å². The quantitative estimate of drug-likeness (QED) is 0.215. The molecular formula is C32H28Cl2N4O2S2. The number of amides is 2. The number of anilines is 1. The summed E-state index contributed by atoms with van der Waals surface area (Å²) in [5, 5.41) is 8.05. The molecule has 0 atom stereocenters. The fourth-order valence-corrected chi connectivity index (χ4v) is 7.99. The van der Waals surface area contributed by atoms with Gasteiger partial charge in [-0.1, -0.05) is 47.0 Å². The minimum Gasteiger partial charge on any atom is -0.322 e. The number of aryl methyl sites for hydroxylation is 3. The van der Waals surface area contributed by atoms with E-state index in [1.807, 2.05) is 51.1 Å².